The van der Waals surface area contributed by atoms with Crippen LogP contribution in [0.3, 0.4) is 0 Å². The van der Waals surface area contributed by atoms with Crippen LogP contribution in [0.15, 0.2) is 29.3 Å². The van der Waals surface area contributed by atoms with E-state index in [1.807, 2.05) is 0 Å². The van der Waals surface area contributed by atoms with Crippen molar-refractivity contribution in [2.75, 3.05) is 12.4 Å². The van der Waals surface area contributed by atoms with Gasteiger partial charge in [-0.25, -0.2) is 14.8 Å². The summed E-state index contributed by atoms with van der Waals surface area (Å²) >= 11 is 1.08. The molecule has 3 aromatic heterocycles. The quantitative estimate of drug-likeness (QED) is 0.400. The first-order chi connectivity index (χ1) is 12.5. The Morgan fingerprint density at radius 2 is 2.12 bits per heavy atom. The Hall–Kier alpha value is -3.60. The molecule has 0 bridgehead atoms. The fraction of sp³-hybridized carbons (Fsp3) is 0.0667. The molecule has 11 heteroatoms. The molecule has 0 radical (unpaired) electrons. The molecular formula is C15H11N5O5S. The number of aromatic amines is 2. The number of nitrogens with zero attached hydrogens (tertiary/aromatic N) is 2. The SMILES string of the molecule is COc1cc2[nH]c(=O)sc2cc1Nc1ncnc2[nH]c(OC(=O)O)cc12. The summed E-state index contributed by atoms with van der Waals surface area (Å²) in [5.41, 5.74) is 1.68. The van der Waals surface area contributed by atoms with E-state index in [1.54, 1.807) is 12.1 Å². The summed E-state index contributed by atoms with van der Waals surface area (Å²) in [7, 11) is 1.52. The molecule has 1 aromatic carbocycles. The number of rotatable bonds is 4. The minimum atomic E-state index is -1.44. The molecule has 3 heterocycles. The topological polar surface area (TPSA) is 142 Å². The first-order valence-electron chi connectivity index (χ1n) is 7.26. The first kappa shape index (κ1) is 15.9. The van der Waals surface area contributed by atoms with Crippen molar-refractivity contribution in [3.05, 3.63) is 34.2 Å². The van der Waals surface area contributed by atoms with E-state index >= 15 is 0 Å². The second-order valence-electron chi connectivity index (χ2n) is 5.17. The van der Waals surface area contributed by atoms with Crippen LogP contribution < -0.4 is 19.7 Å². The molecule has 0 unspecified atom stereocenters. The van der Waals surface area contributed by atoms with Crippen LogP contribution in [0.2, 0.25) is 0 Å². The lowest BCUT2D eigenvalue weighted by molar-refractivity contribution is 0.143. The van der Waals surface area contributed by atoms with E-state index in [-0.39, 0.29) is 10.8 Å². The van der Waals surface area contributed by atoms with Crippen molar-refractivity contribution in [2.24, 2.45) is 0 Å². The number of nitrogens with one attached hydrogen (secondary N) is 3. The van der Waals surface area contributed by atoms with Crippen LogP contribution in [0.25, 0.3) is 21.3 Å². The van der Waals surface area contributed by atoms with E-state index in [0.717, 1.165) is 16.0 Å². The lowest BCUT2D eigenvalue weighted by Crippen LogP contribution is -2.02. The maximum absolute atomic E-state index is 11.5. The molecule has 132 valence electrons. The van der Waals surface area contributed by atoms with Crippen LogP contribution in [0.5, 0.6) is 11.6 Å². The Kier molecular flexibility index (Phi) is 3.69. The van der Waals surface area contributed by atoms with Gasteiger partial charge in [0, 0.05) is 12.1 Å². The minimum absolute atomic E-state index is 0.0299. The van der Waals surface area contributed by atoms with Gasteiger partial charge >= 0.3 is 11.0 Å². The second-order valence-corrected chi connectivity index (χ2v) is 6.19. The van der Waals surface area contributed by atoms with E-state index in [9.17, 15) is 9.59 Å². The van der Waals surface area contributed by atoms with Gasteiger partial charge in [0.05, 0.1) is 28.4 Å². The standard InChI is InChI=1S/C15H11N5O5S/c1-24-9-3-8-10(26-14(21)19-8)4-7(9)18-12-6-2-11(25-15(22)23)20-13(6)17-5-16-12/h2-5H,1H3,(H,19,21)(H,22,23)(H2,16,17,18,20). The predicted octanol–water partition coefficient (Wildman–Crippen LogP) is 2.67. The van der Waals surface area contributed by atoms with Gasteiger partial charge in [0.15, 0.2) is 0 Å². The van der Waals surface area contributed by atoms with Crippen molar-refractivity contribution < 1.29 is 19.4 Å². The van der Waals surface area contributed by atoms with Crippen molar-refractivity contribution in [1.82, 2.24) is 19.9 Å². The Labute approximate surface area is 148 Å². The molecule has 26 heavy (non-hydrogen) atoms. The van der Waals surface area contributed by atoms with E-state index in [4.69, 9.17) is 9.84 Å². The van der Waals surface area contributed by atoms with Crippen molar-refractivity contribution in [3.8, 4) is 11.6 Å². The van der Waals surface area contributed by atoms with Crippen LogP contribution >= 0.6 is 11.3 Å². The maximum Gasteiger partial charge on any atom is 0.512 e. The zero-order valence-electron chi connectivity index (χ0n) is 13.2. The van der Waals surface area contributed by atoms with Crippen LogP contribution in [0, 0.1) is 0 Å². The number of methoxy groups -OCH3 is 1. The number of carboxylic acid groups (broad SMARTS) is 1. The average molecular weight is 373 g/mol. The Morgan fingerprint density at radius 3 is 2.88 bits per heavy atom. The molecule has 0 aliphatic heterocycles. The number of aromatic nitrogens is 4. The highest BCUT2D eigenvalue weighted by Crippen LogP contribution is 2.34. The van der Waals surface area contributed by atoms with E-state index in [0.29, 0.717) is 33.8 Å². The minimum Gasteiger partial charge on any atom is -0.494 e. The smallest absolute Gasteiger partial charge is 0.494 e. The molecule has 4 rings (SSSR count). The highest BCUT2D eigenvalue weighted by atomic mass is 32.1. The molecule has 4 N–H and O–H groups in total. The summed E-state index contributed by atoms with van der Waals surface area (Å²) in [5.74, 6) is 0.963. The van der Waals surface area contributed by atoms with Gasteiger partial charge in [-0.05, 0) is 6.07 Å². The summed E-state index contributed by atoms with van der Waals surface area (Å²) < 4.78 is 10.7. The number of fused-ring (bicyclic) bond motifs is 2. The average Bonchev–Trinajstić information content (AvgIpc) is 3.15. The fourth-order valence-electron chi connectivity index (χ4n) is 2.54. The monoisotopic (exact) mass is 373 g/mol. The summed E-state index contributed by atoms with van der Waals surface area (Å²) in [6, 6.07) is 4.96. The highest BCUT2D eigenvalue weighted by molar-refractivity contribution is 7.16. The number of anilines is 2. The molecule has 10 nitrogen and oxygen atoms in total. The molecule has 0 fully saturated rings. The Balaban J connectivity index is 1.79. The third-order valence-electron chi connectivity index (χ3n) is 3.59. The summed E-state index contributed by atoms with van der Waals surface area (Å²) in [6.45, 7) is 0. The molecule has 4 aromatic rings. The van der Waals surface area contributed by atoms with Gasteiger partial charge in [-0.1, -0.05) is 11.3 Å². The Morgan fingerprint density at radius 1 is 1.27 bits per heavy atom. The number of hydrogen-bond acceptors (Lipinski definition) is 8. The highest BCUT2D eigenvalue weighted by Gasteiger charge is 2.14. The van der Waals surface area contributed by atoms with Crippen LogP contribution in [-0.2, 0) is 0 Å². The van der Waals surface area contributed by atoms with E-state index in [2.05, 4.69) is 30.0 Å². The number of H-pyrrole nitrogens is 2. The van der Waals surface area contributed by atoms with Gasteiger partial charge in [0.2, 0.25) is 5.88 Å². The summed E-state index contributed by atoms with van der Waals surface area (Å²) in [4.78, 5) is 35.8. The lowest BCUT2D eigenvalue weighted by Gasteiger charge is -2.11. The van der Waals surface area contributed by atoms with Gasteiger partial charge in [0.1, 0.15) is 23.5 Å². The van der Waals surface area contributed by atoms with E-state index in [1.165, 1.54) is 19.5 Å². The van der Waals surface area contributed by atoms with E-state index < -0.39 is 6.16 Å². The van der Waals surface area contributed by atoms with Crippen molar-refractivity contribution in [1.29, 1.82) is 0 Å². The number of thiazole rings is 1. The predicted molar refractivity (Wildman–Crippen MR) is 94.8 cm³/mol. The molecule has 0 saturated carbocycles. The molecule has 0 aliphatic carbocycles. The summed E-state index contributed by atoms with van der Waals surface area (Å²) in [5, 5.41) is 12.4. The number of ether oxygens (including phenoxy) is 2. The Bertz CT molecular complexity index is 1190. The van der Waals surface area contributed by atoms with Crippen molar-refractivity contribution >= 4 is 50.2 Å². The summed E-state index contributed by atoms with van der Waals surface area (Å²) in [6.07, 6.45) is -0.112. The first-order valence-corrected chi connectivity index (χ1v) is 8.07. The van der Waals surface area contributed by atoms with Crippen LogP contribution in [-0.4, -0.2) is 38.3 Å². The fourth-order valence-corrected chi connectivity index (χ4v) is 3.29. The molecule has 0 amide bonds. The lowest BCUT2D eigenvalue weighted by atomic mass is 10.2. The van der Waals surface area contributed by atoms with Crippen LogP contribution in [0.1, 0.15) is 0 Å². The van der Waals surface area contributed by atoms with Gasteiger partial charge in [-0.2, -0.15) is 0 Å². The number of benzene rings is 1. The maximum atomic E-state index is 11.5. The van der Waals surface area contributed by atoms with Gasteiger partial charge in [-0.3, -0.25) is 4.79 Å². The molecule has 0 atom stereocenters. The van der Waals surface area contributed by atoms with Gasteiger partial charge in [-0.15, -0.1) is 0 Å². The van der Waals surface area contributed by atoms with Crippen LogP contribution in [0.4, 0.5) is 16.3 Å². The second kappa shape index (κ2) is 6.04. The largest absolute Gasteiger partial charge is 0.512 e. The molecule has 0 spiro atoms. The zero-order chi connectivity index (χ0) is 18.3. The normalized spacial score (nSPS) is 11.0. The molecule has 0 saturated heterocycles. The third-order valence-corrected chi connectivity index (χ3v) is 4.44. The number of carbonyl (C=O) groups is 1. The third kappa shape index (κ3) is 2.80. The van der Waals surface area contributed by atoms with Gasteiger partial charge < -0.3 is 29.9 Å². The van der Waals surface area contributed by atoms with Crippen molar-refractivity contribution in [2.45, 2.75) is 0 Å². The molecule has 0 aliphatic rings. The van der Waals surface area contributed by atoms with Crippen molar-refractivity contribution in [3.63, 3.8) is 0 Å². The van der Waals surface area contributed by atoms with Gasteiger partial charge in [0.25, 0.3) is 0 Å². The zero-order valence-corrected chi connectivity index (χ0v) is 14.0. The number of hydrogen-bond donors (Lipinski definition) is 4. The molecular weight excluding hydrogens is 362 g/mol.